The Morgan fingerprint density at radius 2 is 2.06 bits per heavy atom. The van der Waals surface area contributed by atoms with Gasteiger partial charge in [-0.05, 0) is 38.0 Å². The van der Waals surface area contributed by atoms with Crippen LogP contribution in [0.25, 0.3) is 0 Å². The first kappa shape index (κ1) is 13.7. The summed E-state index contributed by atoms with van der Waals surface area (Å²) < 4.78 is 5.63. The lowest BCUT2D eigenvalue weighted by Gasteiger charge is -2.23. The Kier molecular flexibility index (Phi) is 5.33. The molecule has 2 rings (SSSR count). The lowest BCUT2D eigenvalue weighted by atomic mass is 9.95. The van der Waals surface area contributed by atoms with Crippen molar-refractivity contribution in [2.45, 2.75) is 51.6 Å². The summed E-state index contributed by atoms with van der Waals surface area (Å²) in [6.07, 6.45) is 6.69. The smallest absolute Gasteiger partial charge is 0.123 e. The van der Waals surface area contributed by atoms with Crippen molar-refractivity contribution in [3.05, 3.63) is 28.8 Å². The van der Waals surface area contributed by atoms with E-state index in [9.17, 15) is 0 Å². The summed E-state index contributed by atoms with van der Waals surface area (Å²) in [6, 6.07) is 6.51. The van der Waals surface area contributed by atoms with Gasteiger partial charge < -0.3 is 10.1 Å². The minimum absolute atomic E-state index is 0.659. The third-order valence-electron chi connectivity index (χ3n) is 3.51. The molecule has 1 N–H and O–H groups in total. The molecule has 1 aromatic rings. The Hall–Kier alpha value is -0.730. The molecule has 1 aliphatic carbocycles. The largest absolute Gasteiger partial charge is 0.494 e. The lowest BCUT2D eigenvalue weighted by Crippen LogP contribution is -2.30. The van der Waals surface area contributed by atoms with E-state index in [0.29, 0.717) is 12.6 Å². The Balaban J connectivity index is 1.95. The normalized spacial score (nSPS) is 16.8. The highest BCUT2D eigenvalue weighted by atomic mass is 35.5. The molecule has 1 fully saturated rings. The van der Waals surface area contributed by atoms with Gasteiger partial charge in [-0.25, -0.2) is 0 Å². The second-order valence-corrected chi connectivity index (χ2v) is 5.34. The van der Waals surface area contributed by atoms with Gasteiger partial charge in [0.1, 0.15) is 5.75 Å². The third-order valence-corrected chi connectivity index (χ3v) is 3.74. The zero-order valence-electron chi connectivity index (χ0n) is 11.0. The van der Waals surface area contributed by atoms with Gasteiger partial charge >= 0.3 is 0 Å². The van der Waals surface area contributed by atoms with Crippen LogP contribution in [0, 0.1) is 0 Å². The molecule has 2 nitrogen and oxygen atoms in total. The molecule has 1 aromatic carbocycles. The van der Waals surface area contributed by atoms with E-state index in [1.54, 1.807) is 0 Å². The van der Waals surface area contributed by atoms with E-state index < -0.39 is 0 Å². The zero-order valence-corrected chi connectivity index (χ0v) is 11.8. The van der Waals surface area contributed by atoms with Crippen LogP contribution in [0.2, 0.25) is 5.02 Å². The van der Waals surface area contributed by atoms with Gasteiger partial charge in [-0.3, -0.25) is 0 Å². The number of halogens is 1. The summed E-state index contributed by atoms with van der Waals surface area (Å²) in [6.45, 7) is 3.55. The van der Waals surface area contributed by atoms with E-state index in [1.807, 2.05) is 25.1 Å². The van der Waals surface area contributed by atoms with Crippen molar-refractivity contribution in [3.63, 3.8) is 0 Å². The SMILES string of the molecule is CCOc1ccc(Cl)cc1CNC1CCCCC1. The van der Waals surface area contributed by atoms with Crippen molar-refractivity contribution in [1.82, 2.24) is 5.32 Å². The zero-order chi connectivity index (χ0) is 12.8. The van der Waals surface area contributed by atoms with Crippen molar-refractivity contribution >= 4 is 11.6 Å². The second kappa shape index (κ2) is 7.01. The molecule has 0 atom stereocenters. The number of hydrogen-bond acceptors (Lipinski definition) is 2. The van der Waals surface area contributed by atoms with E-state index >= 15 is 0 Å². The minimum atomic E-state index is 0.659. The average Bonchev–Trinajstić information content (AvgIpc) is 2.40. The highest BCUT2D eigenvalue weighted by Crippen LogP contribution is 2.24. The fourth-order valence-corrected chi connectivity index (χ4v) is 2.74. The fraction of sp³-hybridized carbons (Fsp3) is 0.600. The van der Waals surface area contributed by atoms with E-state index in [1.165, 1.54) is 32.1 Å². The molecule has 0 saturated heterocycles. The summed E-state index contributed by atoms with van der Waals surface area (Å²) in [7, 11) is 0. The van der Waals surface area contributed by atoms with Crippen molar-refractivity contribution in [2.24, 2.45) is 0 Å². The molecule has 0 heterocycles. The van der Waals surface area contributed by atoms with E-state index in [-0.39, 0.29) is 0 Å². The van der Waals surface area contributed by atoms with Crippen molar-refractivity contribution in [2.75, 3.05) is 6.61 Å². The molecule has 18 heavy (non-hydrogen) atoms. The van der Waals surface area contributed by atoms with Gasteiger partial charge in [0.25, 0.3) is 0 Å². The van der Waals surface area contributed by atoms with Crippen LogP contribution in [-0.2, 0) is 6.54 Å². The lowest BCUT2D eigenvalue weighted by molar-refractivity contribution is 0.330. The highest BCUT2D eigenvalue weighted by molar-refractivity contribution is 6.30. The van der Waals surface area contributed by atoms with Gasteiger partial charge in [0, 0.05) is 23.2 Å². The van der Waals surface area contributed by atoms with Gasteiger partial charge in [0.05, 0.1) is 6.61 Å². The van der Waals surface area contributed by atoms with Crippen LogP contribution < -0.4 is 10.1 Å². The third kappa shape index (κ3) is 3.89. The van der Waals surface area contributed by atoms with Crippen molar-refractivity contribution in [1.29, 1.82) is 0 Å². The summed E-state index contributed by atoms with van der Waals surface area (Å²) in [5.41, 5.74) is 1.16. The molecule has 0 radical (unpaired) electrons. The van der Waals surface area contributed by atoms with Crippen LogP contribution in [0.4, 0.5) is 0 Å². The second-order valence-electron chi connectivity index (χ2n) is 4.90. The van der Waals surface area contributed by atoms with Crippen LogP contribution in [0.5, 0.6) is 5.75 Å². The van der Waals surface area contributed by atoms with Gasteiger partial charge in [-0.2, -0.15) is 0 Å². The molecule has 1 aliphatic rings. The van der Waals surface area contributed by atoms with Gasteiger partial charge in [-0.15, -0.1) is 0 Å². The summed E-state index contributed by atoms with van der Waals surface area (Å²) in [5, 5.41) is 4.40. The topological polar surface area (TPSA) is 21.3 Å². The molecular weight excluding hydrogens is 246 g/mol. The van der Waals surface area contributed by atoms with Gasteiger partial charge in [0.15, 0.2) is 0 Å². The summed E-state index contributed by atoms with van der Waals surface area (Å²) >= 11 is 6.06. The van der Waals surface area contributed by atoms with Crippen LogP contribution in [0.15, 0.2) is 18.2 Å². The van der Waals surface area contributed by atoms with Gasteiger partial charge in [0.2, 0.25) is 0 Å². The number of hydrogen-bond donors (Lipinski definition) is 1. The average molecular weight is 268 g/mol. The fourth-order valence-electron chi connectivity index (χ4n) is 2.54. The molecule has 100 valence electrons. The summed E-state index contributed by atoms with van der Waals surface area (Å²) in [5.74, 6) is 0.949. The standard InChI is InChI=1S/C15H22ClNO/c1-2-18-15-9-8-13(16)10-12(15)11-17-14-6-4-3-5-7-14/h8-10,14,17H,2-7,11H2,1H3. The van der Waals surface area contributed by atoms with Crippen molar-refractivity contribution in [3.8, 4) is 5.75 Å². The Morgan fingerprint density at radius 1 is 1.28 bits per heavy atom. The van der Waals surface area contributed by atoms with Crippen LogP contribution >= 0.6 is 11.6 Å². The maximum absolute atomic E-state index is 6.06. The molecule has 3 heteroatoms. The van der Waals surface area contributed by atoms with Crippen molar-refractivity contribution < 1.29 is 4.74 Å². The summed E-state index contributed by atoms with van der Waals surface area (Å²) in [4.78, 5) is 0. The van der Waals surface area contributed by atoms with Crippen LogP contribution in [0.1, 0.15) is 44.6 Å². The Labute approximate surface area is 115 Å². The molecule has 1 saturated carbocycles. The number of benzene rings is 1. The molecule has 0 spiro atoms. The Morgan fingerprint density at radius 3 is 2.78 bits per heavy atom. The van der Waals surface area contributed by atoms with Crippen LogP contribution in [-0.4, -0.2) is 12.6 Å². The van der Waals surface area contributed by atoms with E-state index in [2.05, 4.69) is 5.32 Å². The first-order chi connectivity index (χ1) is 8.79. The number of nitrogens with one attached hydrogen (secondary N) is 1. The predicted octanol–water partition coefficient (Wildman–Crippen LogP) is 4.16. The van der Waals surface area contributed by atoms with E-state index in [0.717, 1.165) is 22.9 Å². The minimum Gasteiger partial charge on any atom is -0.494 e. The number of rotatable bonds is 5. The molecular formula is C15H22ClNO. The first-order valence-electron chi connectivity index (χ1n) is 6.94. The predicted molar refractivity (Wildman–Crippen MR) is 76.3 cm³/mol. The van der Waals surface area contributed by atoms with Gasteiger partial charge in [-0.1, -0.05) is 30.9 Å². The maximum atomic E-state index is 6.06. The first-order valence-corrected chi connectivity index (χ1v) is 7.32. The van der Waals surface area contributed by atoms with E-state index in [4.69, 9.17) is 16.3 Å². The van der Waals surface area contributed by atoms with Crippen LogP contribution in [0.3, 0.4) is 0 Å². The molecule has 0 bridgehead atoms. The quantitative estimate of drug-likeness (QED) is 0.865. The molecule has 0 aromatic heterocycles. The maximum Gasteiger partial charge on any atom is 0.123 e. The monoisotopic (exact) mass is 267 g/mol. The number of ether oxygens (including phenoxy) is 1. The molecule has 0 unspecified atom stereocenters. The molecule has 0 amide bonds. The highest BCUT2D eigenvalue weighted by Gasteiger charge is 2.13. The Bertz CT molecular complexity index is 375. The molecule has 0 aliphatic heterocycles.